The third kappa shape index (κ3) is 7.64. The Kier molecular flexibility index (Phi) is 8.37. The van der Waals surface area contributed by atoms with Crippen LogP contribution in [0, 0.1) is 5.92 Å². The molecule has 8 heteroatoms. The van der Waals surface area contributed by atoms with E-state index in [2.05, 4.69) is 10.6 Å². The van der Waals surface area contributed by atoms with Gasteiger partial charge in [-0.25, -0.2) is 0 Å². The monoisotopic (exact) mass is 400 g/mol. The smallest absolute Gasteiger partial charge is 0.320 e. The van der Waals surface area contributed by atoms with Crippen LogP contribution in [0.2, 0.25) is 5.02 Å². The van der Waals surface area contributed by atoms with Gasteiger partial charge in [-0.1, -0.05) is 25.4 Å². The largest absolute Gasteiger partial charge is 0.493 e. The van der Waals surface area contributed by atoms with Gasteiger partial charge in [0.2, 0.25) is 0 Å². The normalized spacial score (nSPS) is 12.6. The van der Waals surface area contributed by atoms with Gasteiger partial charge in [0.25, 0.3) is 5.91 Å². The number of carbonyl (C=O) groups is 2. The summed E-state index contributed by atoms with van der Waals surface area (Å²) < 4.78 is 10.9. The van der Waals surface area contributed by atoms with E-state index >= 15 is 0 Å². The van der Waals surface area contributed by atoms with Crippen LogP contribution in [0.5, 0.6) is 11.5 Å². The summed E-state index contributed by atoms with van der Waals surface area (Å²) in [5.74, 6) is -0.497. The van der Waals surface area contributed by atoms with Gasteiger partial charge in [-0.15, -0.1) is 0 Å². The van der Waals surface area contributed by atoms with Crippen LogP contribution in [0.1, 0.15) is 40.2 Å². The highest BCUT2D eigenvalue weighted by Gasteiger charge is 2.21. The molecule has 1 aromatic rings. The van der Waals surface area contributed by atoms with Gasteiger partial charge in [-0.2, -0.15) is 0 Å². The number of benzene rings is 1. The van der Waals surface area contributed by atoms with E-state index in [1.54, 1.807) is 12.1 Å². The lowest BCUT2D eigenvalue weighted by Gasteiger charge is -2.21. The van der Waals surface area contributed by atoms with Crippen LogP contribution < -0.4 is 20.1 Å². The van der Waals surface area contributed by atoms with Crippen LogP contribution in [-0.2, 0) is 16.1 Å². The van der Waals surface area contributed by atoms with Gasteiger partial charge >= 0.3 is 5.97 Å². The van der Waals surface area contributed by atoms with E-state index in [9.17, 15) is 14.7 Å². The van der Waals surface area contributed by atoms with Crippen molar-refractivity contribution in [2.24, 2.45) is 5.92 Å². The molecule has 0 heterocycles. The molecule has 1 unspecified atom stereocenters. The Morgan fingerprint density at radius 1 is 1.22 bits per heavy atom. The summed E-state index contributed by atoms with van der Waals surface area (Å²) in [6, 6.07) is 2.54. The summed E-state index contributed by atoms with van der Waals surface area (Å²) in [5, 5.41) is 15.4. The van der Waals surface area contributed by atoms with Crippen molar-refractivity contribution in [2.75, 3.05) is 13.7 Å². The summed E-state index contributed by atoms with van der Waals surface area (Å²) in [6.45, 7) is 9.38. The van der Waals surface area contributed by atoms with Crippen LogP contribution in [0.3, 0.4) is 0 Å². The number of nitrogens with one attached hydrogen (secondary N) is 2. The minimum absolute atomic E-state index is 0.0768. The number of carboxylic acids is 1. The van der Waals surface area contributed by atoms with E-state index in [4.69, 9.17) is 21.1 Å². The Morgan fingerprint density at radius 3 is 2.33 bits per heavy atom. The second-order valence-corrected chi connectivity index (χ2v) is 8.03. The number of amides is 1. The number of methoxy groups -OCH3 is 1. The van der Waals surface area contributed by atoms with Gasteiger partial charge in [0.05, 0.1) is 7.11 Å². The van der Waals surface area contributed by atoms with Crippen LogP contribution in [-0.4, -0.2) is 42.3 Å². The molecule has 0 bridgehead atoms. The fraction of sp³-hybridized carbons (Fsp3) is 0.579. The zero-order valence-corrected chi connectivity index (χ0v) is 17.4. The summed E-state index contributed by atoms with van der Waals surface area (Å²) in [6.07, 6.45) is 0. The molecule has 0 aliphatic carbocycles. The molecule has 0 spiro atoms. The lowest BCUT2D eigenvalue weighted by molar-refractivity contribution is -0.140. The lowest BCUT2D eigenvalue weighted by atomic mass is 10.0. The van der Waals surface area contributed by atoms with Gasteiger partial charge in [-0.3, -0.25) is 9.59 Å². The third-order valence-corrected chi connectivity index (χ3v) is 4.00. The number of rotatable bonds is 9. The molecule has 1 atom stereocenters. The predicted octanol–water partition coefficient (Wildman–Crippen LogP) is 2.84. The maximum absolute atomic E-state index is 11.9. The topological polar surface area (TPSA) is 96.9 Å². The molecule has 3 N–H and O–H groups in total. The van der Waals surface area contributed by atoms with Gasteiger partial charge in [-0.05, 0) is 38.3 Å². The Balaban J connectivity index is 2.86. The van der Waals surface area contributed by atoms with Crippen molar-refractivity contribution >= 4 is 23.5 Å². The lowest BCUT2D eigenvalue weighted by Crippen LogP contribution is -2.43. The molecule has 7 nitrogen and oxygen atoms in total. The average molecular weight is 401 g/mol. The van der Waals surface area contributed by atoms with Crippen molar-refractivity contribution in [1.29, 1.82) is 0 Å². The van der Waals surface area contributed by atoms with Crippen molar-refractivity contribution in [1.82, 2.24) is 10.6 Å². The molecule has 27 heavy (non-hydrogen) atoms. The van der Waals surface area contributed by atoms with E-state index in [0.717, 1.165) is 0 Å². The number of carboxylic acid groups (broad SMARTS) is 1. The number of aliphatic carboxylic acids is 1. The summed E-state index contributed by atoms with van der Waals surface area (Å²) in [5.41, 5.74) is 0.321. The number of carbonyl (C=O) groups excluding carboxylic acids is 1. The van der Waals surface area contributed by atoms with E-state index < -0.39 is 12.0 Å². The maximum Gasteiger partial charge on any atom is 0.320 e. The molecular formula is C19H29ClN2O5. The van der Waals surface area contributed by atoms with Gasteiger partial charge in [0.15, 0.2) is 18.1 Å². The molecule has 1 aromatic carbocycles. The molecule has 1 amide bonds. The van der Waals surface area contributed by atoms with Crippen molar-refractivity contribution in [3.63, 3.8) is 0 Å². The highest BCUT2D eigenvalue weighted by atomic mass is 35.5. The SMILES string of the molecule is COc1cc(CNC(C(=O)O)C(C)C)c(Cl)cc1OCC(=O)NC(C)(C)C. The number of hydrogen-bond donors (Lipinski definition) is 3. The zero-order valence-electron chi connectivity index (χ0n) is 16.7. The molecule has 0 aromatic heterocycles. The van der Waals surface area contributed by atoms with Crippen molar-refractivity contribution in [3.05, 3.63) is 22.7 Å². The van der Waals surface area contributed by atoms with Crippen LogP contribution >= 0.6 is 11.6 Å². The van der Waals surface area contributed by atoms with Crippen molar-refractivity contribution in [2.45, 2.75) is 52.7 Å². The molecule has 0 aliphatic rings. The van der Waals surface area contributed by atoms with E-state index in [0.29, 0.717) is 22.1 Å². The summed E-state index contributed by atoms with van der Waals surface area (Å²) in [4.78, 5) is 23.2. The molecule has 0 saturated heterocycles. The number of halogens is 1. The molecule has 0 aliphatic heterocycles. The fourth-order valence-electron chi connectivity index (χ4n) is 2.41. The third-order valence-electron chi connectivity index (χ3n) is 3.65. The van der Waals surface area contributed by atoms with Crippen molar-refractivity contribution in [3.8, 4) is 11.5 Å². The van der Waals surface area contributed by atoms with Gasteiger partial charge in [0, 0.05) is 23.2 Å². The summed E-state index contributed by atoms with van der Waals surface area (Å²) >= 11 is 6.30. The van der Waals surface area contributed by atoms with Crippen LogP contribution in [0.4, 0.5) is 0 Å². The molecule has 0 saturated carbocycles. The van der Waals surface area contributed by atoms with E-state index in [1.165, 1.54) is 7.11 Å². The van der Waals surface area contributed by atoms with Gasteiger partial charge < -0.3 is 25.2 Å². The first kappa shape index (κ1) is 23.0. The first-order valence-electron chi connectivity index (χ1n) is 8.71. The Morgan fingerprint density at radius 2 is 1.85 bits per heavy atom. The predicted molar refractivity (Wildman–Crippen MR) is 104 cm³/mol. The standard InChI is InChI=1S/C19H29ClN2O5/c1-11(2)17(18(24)25)21-9-12-7-14(26-6)15(8-13(12)20)27-10-16(23)22-19(3,4)5/h7-8,11,17,21H,9-10H2,1-6H3,(H,22,23)(H,24,25). The number of ether oxygens (including phenoxy) is 2. The maximum atomic E-state index is 11.9. The molecule has 152 valence electrons. The quantitative estimate of drug-likeness (QED) is 0.589. The second kappa shape index (κ2) is 9.80. The highest BCUT2D eigenvalue weighted by Crippen LogP contribution is 2.33. The van der Waals surface area contributed by atoms with E-state index in [-0.39, 0.29) is 30.5 Å². The number of hydrogen-bond acceptors (Lipinski definition) is 5. The minimum atomic E-state index is -0.919. The highest BCUT2D eigenvalue weighted by molar-refractivity contribution is 6.31. The van der Waals surface area contributed by atoms with Crippen LogP contribution in [0.25, 0.3) is 0 Å². The Labute approximate surface area is 165 Å². The fourth-order valence-corrected chi connectivity index (χ4v) is 2.63. The zero-order chi connectivity index (χ0) is 20.8. The molecular weight excluding hydrogens is 372 g/mol. The first-order chi connectivity index (χ1) is 12.4. The molecule has 1 rings (SSSR count). The van der Waals surface area contributed by atoms with E-state index in [1.807, 2.05) is 34.6 Å². The van der Waals surface area contributed by atoms with Crippen molar-refractivity contribution < 1.29 is 24.2 Å². The minimum Gasteiger partial charge on any atom is -0.493 e. The second-order valence-electron chi connectivity index (χ2n) is 7.62. The van der Waals surface area contributed by atoms with Crippen LogP contribution in [0.15, 0.2) is 12.1 Å². The Bertz CT molecular complexity index is 671. The first-order valence-corrected chi connectivity index (χ1v) is 9.08. The molecule has 0 fully saturated rings. The van der Waals surface area contributed by atoms with Gasteiger partial charge in [0.1, 0.15) is 6.04 Å². The Hall–Kier alpha value is -1.99. The average Bonchev–Trinajstić information content (AvgIpc) is 2.52. The summed E-state index contributed by atoms with van der Waals surface area (Å²) in [7, 11) is 1.48. The molecule has 0 radical (unpaired) electrons.